The highest BCUT2D eigenvalue weighted by Crippen LogP contribution is 2.15. The molecule has 0 aliphatic rings. The van der Waals surface area contributed by atoms with Crippen LogP contribution in [0.4, 0.5) is 5.69 Å². The van der Waals surface area contributed by atoms with Crippen molar-refractivity contribution in [3.63, 3.8) is 0 Å². The van der Waals surface area contributed by atoms with Crippen LogP contribution in [0.3, 0.4) is 0 Å². The fourth-order valence-corrected chi connectivity index (χ4v) is 2.17. The quantitative estimate of drug-likeness (QED) is 0.407. The van der Waals surface area contributed by atoms with Gasteiger partial charge in [0.15, 0.2) is 0 Å². The highest BCUT2D eigenvalue weighted by Gasteiger charge is 2.07. The smallest absolute Gasteiger partial charge is 0.337 e. The molecule has 126 valence electrons. The van der Waals surface area contributed by atoms with E-state index in [2.05, 4.69) is 17.5 Å². The molecule has 0 fully saturated rings. The molecule has 0 aromatic heterocycles. The molecule has 0 radical (unpaired) electrons. The number of ether oxygens (including phenoxy) is 1. The molecule has 2 N–H and O–H groups in total. The minimum atomic E-state index is -0.990. The summed E-state index contributed by atoms with van der Waals surface area (Å²) in [5.74, 6) is -0.184. The molecule has 0 saturated heterocycles. The Labute approximate surface area is 142 Å². The minimum absolute atomic E-state index is 0.183. The molecule has 2 aromatic carbocycles. The van der Waals surface area contributed by atoms with Crippen molar-refractivity contribution < 1.29 is 14.6 Å². The summed E-state index contributed by atoms with van der Waals surface area (Å²) in [6.07, 6.45) is 5.01. The van der Waals surface area contributed by atoms with E-state index < -0.39 is 5.97 Å². The van der Waals surface area contributed by atoms with Crippen LogP contribution in [0.2, 0.25) is 0 Å². The molecule has 2 aromatic rings. The third kappa shape index (κ3) is 5.43. The molecule has 5 nitrogen and oxygen atoms in total. The van der Waals surface area contributed by atoms with E-state index in [1.165, 1.54) is 12.5 Å². The van der Waals surface area contributed by atoms with E-state index in [1.807, 2.05) is 24.3 Å². The highest BCUT2D eigenvalue weighted by atomic mass is 16.5. The van der Waals surface area contributed by atoms with Crippen LogP contribution in [0, 0.1) is 0 Å². The molecule has 24 heavy (non-hydrogen) atoms. The second-order valence-electron chi connectivity index (χ2n) is 5.35. The Kier molecular flexibility index (Phi) is 6.83. The summed E-state index contributed by atoms with van der Waals surface area (Å²) in [6, 6.07) is 14.3. The maximum Gasteiger partial charge on any atom is 0.337 e. The van der Waals surface area contributed by atoms with E-state index in [9.17, 15) is 4.79 Å². The first kappa shape index (κ1) is 17.5. The summed E-state index contributed by atoms with van der Waals surface area (Å²) >= 11 is 0. The molecular formula is C19H22N2O3. The molecule has 2 rings (SSSR count). The van der Waals surface area contributed by atoms with Crippen molar-refractivity contribution in [1.82, 2.24) is 0 Å². The zero-order valence-electron chi connectivity index (χ0n) is 13.7. The number of rotatable bonds is 9. The first-order valence-electron chi connectivity index (χ1n) is 8.05. The van der Waals surface area contributed by atoms with Gasteiger partial charge in [0.05, 0.1) is 24.1 Å². The summed E-state index contributed by atoms with van der Waals surface area (Å²) in [4.78, 5) is 11.1. The van der Waals surface area contributed by atoms with Crippen molar-refractivity contribution in [3.05, 3.63) is 59.7 Å². The van der Waals surface area contributed by atoms with Crippen molar-refractivity contribution in [1.29, 1.82) is 0 Å². The highest BCUT2D eigenvalue weighted by molar-refractivity contribution is 5.94. The Hall–Kier alpha value is -2.82. The molecule has 0 amide bonds. The van der Waals surface area contributed by atoms with E-state index in [4.69, 9.17) is 9.84 Å². The monoisotopic (exact) mass is 326 g/mol. The molecule has 0 spiro atoms. The maximum absolute atomic E-state index is 11.1. The third-order valence-corrected chi connectivity index (χ3v) is 3.43. The first-order valence-corrected chi connectivity index (χ1v) is 8.05. The van der Waals surface area contributed by atoms with Crippen LogP contribution in [-0.4, -0.2) is 23.9 Å². The zero-order valence-corrected chi connectivity index (χ0v) is 13.7. The Morgan fingerprint density at radius 2 is 2.04 bits per heavy atom. The molecular weight excluding hydrogens is 304 g/mol. The molecule has 0 unspecified atom stereocenters. The summed E-state index contributed by atoms with van der Waals surface area (Å²) in [5.41, 5.74) is 4.28. The predicted octanol–water partition coefficient (Wildman–Crippen LogP) is 4.40. The average molecular weight is 326 g/mol. The molecule has 5 heteroatoms. The topological polar surface area (TPSA) is 70.9 Å². The van der Waals surface area contributed by atoms with Gasteiger partial charge in [0.25, 0.3) is 0 Å². The lowest BCUT2D eigenvalue weighted by molar-refractivity contribution is 0.0698. The number of anilines is 1. The minimum Gasteiger partial charge on any atom is -0.494 e. The number of aromatic carboxylic acids is 1. The van der Waals surface area contributed by atoms with Gasteiger partial charge in [0.2, 0.25) is 0 Å². The van der Waals surface area contributed by atoms with Crippen molar-refractivity contribution in [2.45, 2.75) is 26.2 Å². The second kappa shape index (κ2) is 9.35. The fraction of sp³-hybridized carbons (Fsp3) is 0.263. The average Bonchev–Trinajstić information content (AvgIpc) is 2.59. The number of hydrogen-bond donors (Lipinski definition) is 2. The molecule has 0 atom stereocenters. The Morgan fingerprint density at radius 3 is 2.83 bits per heavy atom. The van der Waals surface area contributed by atoms with Crippen LogP contribution < -0.4 is 10.2 Å². The number of nitrogens with one attached hydrogen (secondary N) is 1. The van der Waals surface area contributed by atoms with Gasteiger partial charge >= 0.3 is 5.97 Å². The first-order chi connectivity index (χ1) is 11.7. The van der Waals surface area contributed by atoms with E-state index >= 15 is 0 Å². The summed E-state index contributed by atoms with van der Waals surface area (Å²) in [7, 11) is 0. The lowest BCUT2D eigenvalue weighted by Gasteiger charge is -2.06. The van der Waals surface area contributed by atoms with E-state index in [1.54, 1.807) is 24.4 Å². The van der Waals surface area contributed by atoms with Crippen molar-refractivity contribution in [3.8, 4) is 5.75 Å². The Balaban J connectivity index is 1.96. The number of carbonyl (C=O) groups is 1. The van der Waals surface area contributed by atoms with E-state index in [0.29, 0.717) is 12.3 Å². The fourth-order valence-electron chi connectivity index (χ4n) is 2.17. The molecule has 0 bridgehead atoms. The van der Waals surface area contributed by atoms with Gasteiger partial charge in [-0.05, 0) is 36.2 Å². The van der Waals surface area contributed by atoms with Gasteiger partial charge in [-0.2, -0.15) is 5.10 Å². The SMILES string of the molecule is CCCCCOc1cccc(/C=N/Nc2ccccc2C(=O)O)c1. The number of benzene rings is 2. The van der Waals surface area contributed by atoms with Gasteiger partial charge < -0.3 is 9.84 Å². The lowest BCUT2D eigenvalue weighted by atomic mass is 10.2. The standard InChI is InChI=1S/C19H22N2O3/c1-2-3-6-12-24-16-9-7-8-15(13-16)14-20-21-18-11-5-4-10-17(18)19(22)23/h4-5,7-11,13-14,21H,2-3,6,12H2,1H3,(H,22,23)/b20-14+. The van der Waals surface area contributed by atoms with Crippen molar-refractivity contribution >= 4 is 17.9 Å². The van der Waals surface area contributed by atoms with Crippen LogP contribution in [-0.2, 0) is 0 Å². The lowest BCUT2D eigenvalue weighted by Crippen LogP contribution is -2.02. The number of carboxylic acids is 1. The van der Waals surface area contributed by atoms with Crippen LogP contribution in [0.25, 0.3) is 0 Å². The van der Waals surface area contributed by atoms with Gasteiger partial charge in [0.1, 0.15) is 5.75 Å². The van der Waals surface area contributed by atoms with Crippen LogP contribution >= 0.6 is 0 Å². The summed E-state index contributed by atoms with van der Waals surface area (Å²) < 4.78 is 5.70. The van der Waals surface area contributed by atoms with Crippen LogP contribution in [0.1, 0.15) is 42.1 Å². The number of nitrogens with zero attached hydrogens (tertiary/aromatic N) is 1. The molecule has 0 aliphatic carbocycles. The number of hydrazone groups is 1. The molecule has 0 heterocycles. The van der Waals surface area contributed by atoms with Gasteiger partial charge in [-0.25, -0.2) is 4.79 Å². The molecule has 0 aliphatic heterocycles. The zero-order chi connectivity index (χ0) is 17.2. The van der Waals surface area contributed by atoms with Gasteiger partial charge in [-0.1, -0.05) is 44.0 Å². The summed E-state index contributed by atoms with van der Waals surface area (Å²) in [6.45, 7) is 2.87. The van der Waals surface area contributed by atoms with Crippen molar-refractivity contribution in [2.75, 3.05) is 12.0 Å². The third-order valence-electron chi connectivity index (χ3n) is 3.43. The normalized spacial score (nSPS) is 10.7. The maximum atomic E-state index is 11.1. The number of carboxylic acid groups (broad SMARTS) is 1. The summed E-state index contributed by atoms with van der Waals surface area (Å²) in [5, 5.41) is 13.2. The van der Waals surface area contributed by atoms with E-state index in [0.717, 1.165) is 24.2 Å². The van der Waals surface area contributed by atoms with Crippen LogP contribution in [0.15, 0.2) is 53.6 Å². The second-order valence-corrected chi connectivity index (χ2v) is 5.35. The predicted molar refractivity (Wildman–Crippen MR) is 96.1 cm³/mol. The number of hydrogen-bond acceptors (Lipinski definition) is 4. The van der Waals surface area contributed by atoms with Gasteiger partial charge in [0, 0.05) is 0 Å². The van der Waals surface area contributed by atoms with Crippen LogP contribution in [0.5, 0.6) is 5.75 Å². The van der Waals surface area contributed by atoms with Gasteiger partial charge in [-0.15, -0.1) is 0 Å². The number of unbranched alkanes of at least 4 members (excludes halogenated alkanes) is 2. The van der Waals surface area contributed by atoms with Gasteiger partial charge in [-0.3, -0.25) is 5.43 Å². The van der Waals surface area contributed by atoms with Crippen molar-refractivity contribution in [2.24, 2.45) is 5.10 Å². The molecule has 0 saturated carbocycles. The number of para-hydroxylation sites is 1. The Morgan fingerprint density at radius 1 is 1.21 bits per heavy atom. The largest absolute Gasteiger partial charge is 0.494 e. The Bertz CT molecular complexity index is 699. The van der Waals surface area contributed by atoms with E-state index in [-0.39, 0.29) is 5.56 Å².